The number of piperidine rings is 2. The largest absolute Gasteiger partial charge is 0.469 e. The lowest BCUT2D eigenvalue weighted by Gasteiger charge is -2.51. The molecule has 3 aromatic rings. The van der Waals surface area contributed by atoms with Gasteiger partial charge < -0.3 is 19.3 Å². The highest BCUT2D eigenvalue weighted by Gasteiger charge is 2.40. The van der Waals surface area contributed by atoms with Crippen molar-refractivity contribution in [3.8, 4) is 22.9 Å². The molecular weight excluding hydrogens is 575 g/mol. The van der Waals surface area contributed by atoms with Crippen LogP contribution in [0.4, 0.5) is 5.95 Å². The van der Waals surface area contributed by atoms with Gasteiger partial charge in [-0.2, -0.15) is 0 Å². The summed E-state index contributed by atoms with van der Waals surface area (Å²) in [4.78, 5) is 32.8. The number of ether oxygens (including phenoxy) is 2. The Morgan fingerprint density at radius 3 is 2.38 bits per heavy atom. The Bertz CT molecular complexity index is 1400. The van der Waals surface area contributed by atoms with Crippen molar-refractivity contribution in [3.05, 3.63) is 58.3 Å². The minimum atomic E-state index is -0.137. The second-order valence-electron chi connectivity index (χ2n) is 11.7. The zero-order chi connectivity index (χ0) is 29.2. The normalized spacial score (nSPS) is 21.5. The van der Waals surface area contributed by atoms with E-state index in [0.29, 0.717) is 46.0 Å². The summed E-state index contributed by atoms with van der Waals surface area (Å²) >= 11 is 12.6. The number of benzene rings is 1. The molecule has 6 rings (SSSR count). The number of carbonyl (C=O) groups excluding carboxylic acids is 1. The van der Waals surface area contributed by atoms with E-state index in [2.05, 4.69) is 37.8 Å². The lowest BCUT2D eigenvalue weighted by Crippen LogP contribution is -2.62. The van der Waals surface area contributed by atoms with Gasteiger partial charge in [0.1, 0.15) is 0 Å². The summed E-state index contributed by atoms with van der Waals surface area (Å²) in [5, 5.41) is 1.09. The number of rotatable bonds is 8. The second-order valence-corrected chi connectivity index (χ2v) is 12.6. The van der Waals surface area contributed by atoms with Crippen LogP contribution in [0.5, 0.6) is 11.6 Å². The van der Waals surface area contributed by atoms with E-state index in [4.69, 9.17) is 37.7 Å². The second kappa shape index (κ2) is 12.7. The van der Waals surface area contributed by atoms with Crippen LogP contribution in [0.1, 0.15) is 31.2 Å². The highest BCUT2D eigenvalue weighted by atomic mass is 35.5. The monoisotopic (exact) mass is 610 g/mol. The maximum atomic E-state index is 11.7. The van der Waals surface area contributed by atoms with Crippen LogP contribution in [0.2, 0.25) is 10.0 Å². The first-order valence-corrected chi connectivity index (χ1v) is 15.3. The van der Waals surface area contributed by atoms with Gasteiger partial charge in [-0.3, -0.25) is 9.69 Å². The van der Waals surface area contributed by atoms with Crippen LogP contribution in [-0.4, -0.2) is 83.6 Å². The fourth-order valence-corrected chi connectivity index (χ4v) is 6.98. The predicted octanol–water partition coefficient (Wildman–Crippen LogP) is 5.55. The van der Waals surface area contributed by atoms with Crippen molar-refractivity contribution in [2.75, 3.05) is 51.8 Å². The maximum absolute atomic E-state index is 11.7. The van der Waals surface area contributed by atoms with Crippen molar-refractivity contribution in [2.45, 2.75) is 38.3 Å². The average Bonchev–Trinajstić information content (AvgIpc) is 2.97. The first-order chi connectivity index (χ1) is 20.3. The molecular formula is C31H36Cl2N6O3. The van der Waals surface area contributed by atoms with E-state index in [1.807, 2.05) is 18.2 Å². The molecule has 3 fully saturated rings. The molecule has 3 saturated heterocycles. The Hall–Kier alpha value is -2.98. The number of fused-ring (bicyclic) bond motifs is 1. The molecule has 3 aliphatic heterocycles. The number of pyridine rings is 1. The molecule has 0 spiro atoms. The fourth-order valence-electron chi connectivity index (χ4n) is 6.45. The van der Waals surface area contributed by atoms with Crippen LogP contribution in [0.25, 0.3) is 11.3 Å². The lowest BCUT2D eigenvalue weighted by atomic mass is 9.83. The van der Waals surface area contributed by atoms with Crippen LogP contribution < -0.4 is 9.64 Å². The van der Waals surface area contributed by atoms with Gasteiger partial charge in [-0.15, -0.1) is 0 Å². The van der Waals surface area contributed by atoms with Crippen LogP contribution in [-0.2, 0) is 16.1 Å². The first kappa shape index (κ1) is 29.1. The van der Waals surface area contributed by atoms with Crippen LogP contribution >= 0.6 is 23.2 Å². The van der Waals surface area contributed by atoms with E-state index in [-0.39, 0.29) is 5.97 Å². The summed E-state index contributed by atoms with van der Waals surface area (Å²) in [6, 6.07) is 10.1. The number of hydrogen-bond acceptors (Lipinski definition) is 9. The third-order valence-corrected chi connectivity index (χ3v) is 9.15. The molecule has 0 bridgehead atoms. The van der Waals surface area contributed by atoms with Gasteiger partial charge in [-0.25, -0.2) is 15.0 Å². The highest BCUT2D eigenvalue weighted by molar-refractivity contribution is 6.35. The smallest absolute Gasteiger partial charge is 0.305 e. The molecule has 0 amide bonds. The van der Waals surface area contributed by atoms with Crippen LogP contribution in [0.15, 0.2) is 42.7 Å². The minimum Gasteiger partial charge on any atom is -0.469 e. The Kier molecular flexibility index (Phi) is 8.81. The molecule has 2 atom stereocenters. The van der Waals surface area contributed by atoms with Crippen molar-refractivity contribution < 1.29 is 14.3 Å². The number of methoxy groups -OCH3 is 1. The first-order valence-electron chi connectivity index (χ1n) is 14.5. The van der Waals surface area contributed by atoms with Gasteiger partial charge in [0.2, 0.25) is 11.8 Å². The molecule has 1 aromatic carbocycles. The minimum absolute atomic E-state index is 0.137. The van der Waals surface area contributed by atoms with Gasteiger partial charge in [0.25, 0.3) is 0 Å². The standard InChI is InChI=1S/C31H36Cl2N6O3/c1-37-18-23-19-39(8-5-28(23)37)31-34-15-26(16-35-31)42-29-10-21(9-27(36-29)22-12-24(32)14-25(33)13-22)17-38-6-3-20(4-7-38)11-30(40)41-2/h9-10,12-16,20,23,28H,3-8,11,17-19H2,1-2H3/t23-,28+/m0/s1. The number of halogens is 2. The van der Waals surface area contributed by atoms with Gasteiger partial charge in [-0.05, 0) is 75.1 Å². The van der Waals surface area contributed by atoms with Crippen molar-refractivity contribution in [2.24, 2.45) is 11.8 Å². The molecule has 3 aliphatic rings. The SMILES string of the molecule is COC(=O)CC1CCN(Cc2cc(Oc3cnc(N4CC[C@@H]5[C@H](C4)CN5C)nc3)nc(-c3cc(Cl)cc(Cl)c3)c2)CC1. The third-order valence-electron chi connectivity index (χ3n) is 8.72. The number of anilines is 1. The summed E-state index contributed by atoms with van der Waals surface area (Å²) in [5.74, 6) is 2.63. The van der Waals surface area contributed by atoms with Crippen molar-refractivity contribution in [1.29, 1.82) is 0 Å². The summed E-state index contributed by atoms with van der Waals surface area (Å²) in [6.07, 6.45) is 6.97. The zero-order valence-corrected chi connectivity index (χ0v) is 25.5. The van der Waals surface area contributed by atoms with E-state index in [1.54, 1.807) is 18.5 Å². The Labute approximate surface area is 256 Å². The zero-order valence-electron chi connectivity index (χ0n) is 24.0. The van der Waals surface area contributed by atoms with E-state index in [9.17, 15) is 4.79 Å². The number of nitrogens with zero attached hydrogens (tertiary/aromatic N) is 6. The molecule has 0 unspecified atom stereocenters. The molecule has 2 aromatic heterocycles. The quantitative estimate of drug-likeness (QED) is 0.305. The lowest BCUT2D eigenvalue weighted by molar-refractivity contribution is -0.142. The molecule has 0 aliphatic carbocycles. The van der Waals surface area contributed by atoms with Crippen molar-refractivity contribution in [1.82, 2.24) is 24.8 Å². The molecule has 5 heterocycles. The highest BCUT2D eigenvalue weighted by Crippen LogP contribution is 2.33. The van der Waals surface area contributed by atoms with E-state index in [0.717, 1.165) is 81.3 Å². The molecule has 0 N–H and O–H groups in total. The summed E-state index contributed by atoms with van der Waals surface area (Å²) < 4.78 is 11.1. The Balaban J connectivity index is 1.18. The number of esters is 1. The number of likely N-dealkylation sites (tertiary alicyclic amines) is 2. The van der Waals surface area contributed by atoms with Gasteiger partial charge in [0, 0.05) is 66.2 Å². The molecule has 222 valence electrons. The summed E-state index contributed by atoms with van der Waals surface area (Å²) in [6.45, 7) is 5.62. The fraction of sp³-hybridized carbons (Fsp3) is 0.484. The van der Waals surface area contributed by atoms with Gasteiger partial charge >= 0.3 is 5.97 Å². The Morgan fingerprint density at radius 1 is 0.976 bits per heavy atom. The van der Waals surface area contributed by atoms with E-state index < -0.39 is 0 Å². The van der Waals surface area contributed by atoms with Crippen LogP contribution in [0, 0.1) is 11.8 Å². The topological polar surface area (TPSA) is 83.9 Å². The number of carbonyl (C=O) groups is 1. The van der Waals surface area contributed by atoms with Crippen molar-refractivity contribution >= 4 is 35.1 Å². The number of aromatic nitrogens is 3. The molecule has 0 saturated carbocycles. The predicted molar refractivity (Wildman–Crippen MR) is 163 cm³/mol. The van der Waals surface area contributed by atoms with Gasteiger partial charge in [0.15, 0.2) is 5.75 Å². The third kappa shape index (κ3) is 6.80. The van der Waals surface area contributed by atoms with Crippen molar-refractivity contribution in [3.63, 3.8) is 0 Å². The van der Waals surface area contributed by atoms with E-state index >= 15 is 0 Å². The van der Waals surface area contributed by atoms with E-state index in [1.165, 1.54) is 7.11 Å². The molecule has 11 heteroatoms. The molecule has 9 nitrogen and oxygen atoms in total. The maximum Gasteiger partial charge on any atom is 0.305 e. The van der Waals surface area contributed by atoms with Gasteiger partial charge in [0.05, 0.1) is 25.2 Å². The summed E-state index contributed by atoms with van der Waals surface area (Å²) in [7, 11) is 3.65. The summed E-state index contributed by atoms with van der Waals surface area (Å²) in [5.41, 5.74) is 2.59. The van der Waals surface area contributed by atoms with Crippen LogP contribution in [0.3, 0.4) is 0 Å². The van der Waals surface area contributed by atoms with Gasteiger partial charge in [-0.1, -0.05) is 23.2 Å². The number of hydrogen-bond donors (Lipinski definition) is 0. The Morgan fingerprint density at radius 2 is 1.71 bits per heavy atom. The average molecular weight is 612 g/mol. The molecule has 0 radical (unpaired) electrons. The molecule has 42 heavy (non-hydrogen) atoms.